The molecule has 0 saturated carbocycles. The van der Waals surface area contributed by atoms with Crippen LogP contribution in [0.5, 0.6) is 5.75 Å². The molecule has 1 amide bonds. The number of non-ortho nitro benzene ring substituents is 1. The number of ether oxygens (including phenoxy) is 2. The first-order valence-corrected chi connectivity index (χ1v) is 7.46. The van der Waals surface area contributed by atoms with Crippen LogP contribution >= 0.6 is 11.6 Å². The number of hydrogen-bond donors (Lipinski definition) is 1. The number of benzene rings is 2. The molecule has 0 heterocycles. The minimum atomic E-state index is -0.651. The molecule has 2 aromatic carbocycles. The summed E-state index contributed by atoms with van der Waals surface area (Å²) in [7, 11) is 1.51. The van der Waals surface area contributed by atoms with Crippen LogP contribution in [0.15, 0.2) is 36.4 Å². The standard InChI is InChI=1S/C16H14ClFN2O5/c1-24-6-7-25-15-5-2-10(18)8-14(15)19-16(21)12-4-3-11(20(22)23)9-13(12)17/h2-5,8-9H,6-7H2,1H3,(H,19,21). The van der Waals surface area contributed by atoms with Crippen molar-refractivity contribution in [3.8, 4) is 5.75 Å². The van der Waals surface area contributed by atoms with E-state index in [4.69, 9.17) is 21.1 Å². The monoisotopic (exact) mass is 368 g/mol. The topological polar surface area (TPSA) is 90.7 Å². The molecule has 1 N–H and O–H groups in total. The van der Waals surface area contributed by atoms with E-state index in [1.165, 1.54) is 25.3 Å². The van der Waals surface area contributed by atoms with Gasteiger partial charge in [0.1, 0.15) is 18.2 Å². The second kappa shape index (κ2) is 8.41. The lowest BCUT2D eigenvalue weighted by Gasteiger charge is -2.13. The Morgan fingerprint density at radius 2 is 2.04 bits per heavy atom. The minimum absolute atomic E-state index is 0.0133. The third-order valence-electron chi connectivity index (χ3n) is 3.14. The van der Waals surface area contributed by atoms with E-state index in [1.54, 1.807) is 0 Å². The summed E-state index contributed by atoms with van der Waals surface area (Å²) in [5.74, 6) is -0.962. The Morgan fingerprint density at radius 3 is 2.68 bits per heavy atom. The molecule has 9 heteroatoms. The van der Waals surface area contributed by atoms with Crippen molar-refractivity contribution in [1.29, 1.82) is 0 Å². The van der Waals surface area contributed by atoms with Crippen molar-refractivity contribution in [2.75, 3.05) is 25.6 Å². The van der Waals surface area contributed by atoms with Crippen molar-refractivity contribution >= 4 is 28.9 Å². The molecule has 0 aliphatic rings. The number of rotatable bonds is 7. The molecule has 0 aromatic heterocycles. The van der Waals surface area contributed by atoms with Crippen molar-refractivity contribution in [2.24, 2.45) is 0 Å². The molecule has 0 bridgehead atoms. The van der Waals surface area contributed by atoms with Crippen LogP contribution in [0.3, 0.4) is 0 Å². The van der Waals surface area contributed by atoms with Crippen LogP contribution in [-0.4, -0.2) is 31.2 Å². The fraction of sp³-hybridized carbons (Fsp3) is 0.188. The molecule has 0 aliphatic carbocycles. The maximum atomic E-state index is 13.5. The summed E-state index contributed by atoms with van der Waals surface area (Å²) in [4.78, 5) is 22.4. The first kappa shape index (κ1) is 18.6. The first-order valence-electron chi connectivity index (χ1n) is 7.09. The average molecular weight is 369 g/mol. The summed E-state index contributed by atoms with van der Waals surface area (Å²) in [5, 5.41) is 13.1. The third kappa shape index (κ3) is 4.88. The minimum Gasteiger partial charge on any atom is -0.489 e. The van der Waals surface area contributed by atoms with E-state index < -0.39 is 16.6 Å². The van der Waals surface area contributed by atoms with Gasteiger partial charge in [-0.1, -0.05) is 11.6 Å². The molecule has 2 rings (SSSR count). The van der Waals surface area contributed by atoms with Crippen LogP contribution in [0.4, 0.5) is 15.8 Å². The molecule has 132 valence electrons. The molecule has 7 nitrogen and oxygen atoms in total. The van der Waals surface area contributed by atoms with Gasteiger partial charge >= 0.3 is 0 Å². The Balaban J connectivity index is 2.22. The van der Waals surface area contributed by atoms with E-state index in [0.29, 0.717) is 6.61 Å². The van der Waals surface area contributed by atoms with E-state index in [1.807, 2.05) is 0 Å². The van der Waals surface area contributed by atoms with Crippen LogP contribution < -0.4 is 10.1 Å². The number of halogens is 2. The van der Waals surface area contributed by atoms with Gasteiger partial charge in [-0.15, -0.1) is 0 Å². The van der Waals surface area contributed by atoms with Gasteiger partial charge in [0.15, 0.2) is 0 Å². The molecule has 0 fully saturated rings. The largest absolute Gasteiger partial charge is 0.489 e. The number of nitro benzene ring substituents is 1. The van der Waals surface area contributed by atoms with Crippen molar-refractivity contribution in [3.05, 3.63) is 62.9 Å². The number of amides is 1. The van der Waals surface area contributed by atoms with Crippen molar-refractivity contribution in [3.63, 3.8) is 0 Å². The zero-order valence-corrected chi connectivity index (χ0v) is 13.9. The first-order chi connectivity index (χ1) is 11.9. The third-order valence-corrected chi connectivity index (χ3v) is 3.46. The van der Waals surface area contributed by atoms with Gasteiger partial charge < -0.3 is 14.8 Å². The number of carbonyl (C=O) groups is 1. The van der Waals surface area contributed by atoms with E-state index >= 15 is 0 Å². The van der Waals surface area contributed by atoms with Crippen molar-refractivity contribution in [2.45, 2.75) is 0 Å². The highest BCUT2D eigenvalue weighted by atomic mass is 35.5. The van der Waals surface area contributed by atoms with Crippen LogP contribution in [0.2, 0.25) is 5.02 Å². The molecule has 0 atom stereocenters. The highest BCUT2D eigenvalue weighted by molar-refractivity contribution is 6.34. The Hall–Kier alpha value is -2.71. The quantitative estimate of drug-likeness (QED) is 0.457. The second-order valence-electron chi connectivity index (χ2n) is 4.86. The number of carbonyl (C=O) groups excluding carboxylic acids is 1. The lowest BCUT2D eigenvalue weighted by Crippen LogP contribution is -2.14. The van der Waals surface area contributed by atoms with E-state index in [2.05, 4.69) is 5.32 Å². The van der Waals surface area contributed by atoms with Gasteiger partial charge in [-0.2, -0.15) is 0 Å². The van der Waals surface area contributed by atoms with Gasteiger partial charge in [-0.25, -0.2) is 4.39 Å². The summed E-state index contributed by atoms with van der Waals surface area (Å²) in [5.41, 5.74) is -0.120. The SMILES string of the molecule is COCCOc1ccc(F)cc1NC(=O)c1ccc([N+](=O)[O-])cc1Cl. The number of nitro groups is 1. The Morgan fingerprint density at radius 1 is 1.28 bits per heavy atom. The number of nitrogens with one attached hydrogen (secondary N) is 1. The lowest BCUT2D eigenvalue weighted by atomic mass is 10.2. The summed E-state index contributed by atoms with van der Waals surface area (Å²) in [6.45, 7) is 0.530. The second-order valence-corrected chi connectivity index (χ2v) is 5.26. The number of nitrogens with zero attached hydrogens (tertiary/aromatic N) is 1. The van der Waals surface area contributed by atoms with E-state index in [9.17, 15) is 19.3 Å². The molecule has 0 aliphatic heterocycles. The fourth-order valence-corrected chi connectivity index (χ4v) is 2.21. The van der Waals surface area contributed by atoms with Crippen molar-refractivity contribution < 1.29 is 23.6 Å². The molecular weight excluding hydrogens is 355 g/mol. The predicted octanol–water partition coefficient (Wildman–Crippen LogP) is 3.66. The molecule has 25 heavy (non-hydrogen) atoms. The summed E-state index contributed by atoms with van der Waals surface area (Å²) in [6.07, 6.45) is 0. The van der Waals surface area contributed by atoms with Crippen LogP contribution in [0.25, 0.3) is 0 Å². The van der Waals surface area contributed by atoms with Gasteiger partial charge in [0.2, 0.25) is 0 Å². The van der Waals surface area contributed by atoms with Gasteiger partial charge in [0.25, 0.3) is 11.6 Å². The van der Waals surface area contributed by atoms with Gasteiger partial charge in [-0.3, -0.25) is 14.9 Å². The zero-order valence-electron chi connectivity index (χ0n) is 13.1. The Bertz CT molecular complexity index is 800. The van der Waals surface area contributed by atoms with Gasteiger partial charge in [0.05, 0.1) is 27.8 Å². The van der Waals surface area contributed by atoms with Crippen LogP contribution in [-0.2, 0) is 4.74 Å². The highest BCUT2D eigenvalue weighted by Crippen LogP contribution is 2.28. The fourth-order valence-electron chi connectivity index (χ4n) is 1.95. The smallest absolute Gasteiger partial charge is 0.270 e. The van der Waals surface area contributed by atoms with Gasteiger partial charge in [0, 0.05) is 25.3 Å². The van der Waals surface area contributed by atoms with Crippen LogP contribution in [0, 0.1) is 15.9 Å². The molecule has 0 unspecified atom stereocenters. The lowest BCUT2D eigenvalue weighted by molar-refractivity contribution is -0.384. The normalized spacial score (nSPS) is 10.4. The Labute approximate surface area is 147 Å². The van der Waals surface area contributed by atoms with E-state index in [0.717, 1.165) is 18.2 Å². The number of methoxy groups -OCH3 is 1. The van der Waals surface area contributed by atoms with Crippen LogP contribution in [0.1, 0.15) is 10.4 Å². The maximum absolute atomic E-state index is 13.5. The van der Waals surface area contributed by atoms with E-state index in [-0.39, 0.29) is 34.3 Å². The summed E-state index contributed by atoms with van der Waals surface area (Å²) < 4.78 is 23.8. The predicted molar refractivity (Wildman–Crippen MR) is 89.8 cm³/mol. The maximum Gasteiger partial charge on any atom is 0.270 e. The molecule has 0 spiro atoms. The number of anilines is 1. The summed E-state index contributed by atoms with van der Waals surface area (Å²) >= 11 is 5.92. The molecular formula is C16H14ClFN2O5. The van der Waals surface area contributed by atoms with Gasteiger partial charge in [-0.05, 0) is 18.2 Å². The average Bonchev–Trinajstić information content (AvgIpc) is 2.56. The molecule has 2 aromatic rings. The summed E-state index contributed by atoms with van der Waals surface area (Å²) in [6, 6.07) is 7.11. The number of hydrogen-bond acceptors (Lipinski definition) is 5. The zero-order chi connectivity index (χ0) is 18.4. The van der Waals surface area contributed by atoms with Crippen molar-refractivity contribution in [1.82, 2.24) is 0 Å². The molecule has 0 saturated heterocycles. The highest BCUT2D eigenvalue weighted by Gasteiger charge is 2.17. The molecule has 0 radical (unpaired) electrons. The Kier molecular flexibility index (Phi) is 6.26.